The number of ether oxygens (including phenoxy) is 1. The lowest BCUT2D eigenvalue weighted by molar-refractivity contribution is -0.142. The maximum atomic E-state index is 13.3. The zero-order valence-corrected chi connectivity index (χ0v) is 14.9. The van der Waals surface area contributed by atoms with E-state index in [-0.39, 0.29) is 29.3 Å². The first-order valence-electron chi connectivity index (χ1n) is 9.43. The van der Waals surface area contributed by atoms with Crippen LogP contribution in [0.1, 0.15) is 37.2 Å². The van der Waals surface area contributed by atoms with Crippen LogP contribution in [0.2, 0.25) is 0 Å². The second-order valence-electron chi connectivity index (χ2n) is 8.02. The van der Waals surface area contributed by atoms with E-state index in [1.807, 2.05) is 4.90 Å². The summed E-state index contributed by atoms with van der Waals surface area (Å²) in [5.41, 5.74) is 1.36. The van der Waals surface area contributed by atoms with Crippen molar-refractivity contribution in [3.8, 4) is 0 Å². The van der Waals surface area contributed by atoms with E-state index < -0.39 is 0 Å². The summed E-state index contributed by atoms with van der Waals surface area (Å²) in [6, 6.07) is 4.64. The van der Waals surface area contributed by atoms with Crippen LogP contribution in [0.3, 0.4) is 0 Å². The molecular weight excluding hydrogens is 351 g/mol. The number of rotatable bonds is 2. The number of alkyl carbamates (subject to hydrolysis) is 1. The molecule has 1 spiro atoms. The number of furan rings is 1. The molecule has 1 aromatic carbocycles. The highest BCUT2D eigenvalue weighted by Gasteiger charge is 2.53. The Labute approximate surface area is 155 Å². The number of amides is 2. The largest absolute Gasteiger partial charge is 0.464 e. The predicted molar refractivity (Wildman–Crippen MR) is 94.7 cm³/mol. The van der Waals surface area contributed by atoms with Gasteiger partial charge in [0.2, 0.25) is 5.91 Å². The van der Waals surface area contributed by atoms with Gasteiger partial charge in [-0.15, -0.1) is 0 Å². The van der Waals surface area contributed by atoms with E-state index in [0.717, 1.165) is 23.8 Å². The van der Waals surface area contributed by atoms with Crippen LogP contribution in [0.15, 0.2) is 28.9 Å². The SMILES string of the molecule is O=C1N[C@]2(CO1)C[C@H](C(=O)N1CCC(c3coc4cc(F)ccc34)CC1)C2. The first-order chi connectivity index (χ1) is 13.0. The van der Waals surface area contributed by atoms with E-state index in [2.05, 4.69) is 5.32 Å². The van der Waals surface area contributed by atoms with Crippen molar-refractivity contribution in [3.05, 3.63) is 35.8 Å². The summed E-state index contributed by atoms with van der Waals surface area (Å²) in [5.74, 6) is 0.169. The molecule has 3 heterocycles. The van der Waals surface area contributed by atoms with Gasteiger partial charge in [-0.1, -0.05) is 0 Å². The van der Waals surface area contributed by atoms with E-state index in [1.54, 1.807) is 12.3 Å². The number of halogens is 1. The molecule has 0 radical (unpaired) electrons. The Balaban J connectivity index is 1.20. The minimum Gasteiger partial charge on any atom is -0.464 e. The second kappa shape index (κ2) is 5.97. The molecule has 1 saturated carbocycles. The minimum atomic E-state index is -0.381. The predicted octanol–water partition coefficient (Wildman–Crippen LogP) is 3.17. The average molecular weight is 372 g/mol. The fourth-order valence-corrected chi connectivity index (χ4v) is 4.78. The first kappa shape index (κ1) is 16.6. The van der Waals surface area contributed by atoms with Gasteiger partial charge in [-0.25, -0.2) is 9.18 Å². The van der Waals surface area contributed by atoms with E-state index in [0.29, 0.717) is 44.0 Å². The summed E-state index contributed by atoms with van der Waals surface area (Å²) in [6.45, 7) is 1.79. The molecule has 0 unspecified atom stereocenters. The summed E-state index contributed by atoms with van der Waals surface area (Å²) in [4.78, 5) is 25.9. The van der Waals surface area contributed by atoms with Crippen LogP contribution in [-0.4, -0.2) is 42.1 Å². The number of hydrogen-bond donors (Lipinski definition) is 1. The maximum Gasteiger partial charge on any atom is 0.407 e. The van der Waals surface area contributed by atoms with Gasteiger partial charge < -0.3 is 19.4 Å². The van der Waals surface area contributed by atoms with E-state index in [4.69, 9.17) is 9.15 Å². The summed E-state index contributed by atoms with van der Waals surface area (Å²) in [6.07, 6.45) is 4.41. The van der Waals surface area contributed by atoms with Crippen LogP contribution in [0.5, 0.6) is 0 Å². The van der Waals surface area contributed by atoms with E-state index in [1.165, 1.54) is 12.1 Å². The third-order valence-corrected chi connectivity index (χ3v) is 6.28. The molecule has 3 fully saturated rings. The van der Waals surface area contributed by atoms with Crippen LogP contribution < -0.4 is 5.32 Å². The van der Waals surface area contributed by atoms with Gasteiger partial charge in [-0.2, -0.15) is 0 Å². The monoisotopic (exact) mass is 372 g/mol. The summed E-state index contributed by atoms with van der Waals surface area (Å²) in [7, 11) is 0. The van der Waals surface area contributed by atoms with Crippen LogP contribution in [0.25, 0.3) is 11.0 Å². The van der Waals surface area contributed by atoms with E-state index in [9.17, 15) is 14.0 Å². The summed E-state index contributed by atoms with van der Waals surface area (Å²) >= 11 is 0. The number of fused-ring (bicyclic) bond motifs is 1. The van der Waals surface area contributed by atoms with Crippen molar-refractivity contribution in [2.45, 2.75) is 37.1 Å². The molecule has 6 nitrogen and oxygen atoms in total. The van der Waals surface area contributed by atoms with Crippen molar-refractivity contribution in [1.29, 1.82) is 0 Å². The Morgan fingerprint density at radius 1 is 1.26 bits per heavy atom. The number of carbonyl (C=O) groups excluding carboxylic acids is 2. The number of benzene rings is 1. The van der Waals surface area contributed by atoms with Crippen molar-refractivity contribution < 1.29 is 23.1 Å². The Kier molecular flexibility index (Phi) is 3.67. The third-order valence-electron chi connectivity index (χ3n) is 6.28. The number of nitrogens with one attached hydrogen (secondary N) is 1. The minimum absolute atomic E-state index is 0.0266. The fraction of sp³-hybridized carbons (Fsp3) is 0.500. The summed E-state index contributed by atoms with van der Waals surface area (Å²) in [5, 5.41) is 3.79. The molecule has 2 aliphatic heterocycles. The lowest BCUT2D eigenvalue weighted by Gasteiger charge is -2.44. The zero-order valence-electron chi connectivity index (χ0n) is 14.9. The van der Waals surface area contributed by atoms with Crippen LogP contribution in [0.4, 0.5) is 9.18 Å². The molecular formula is C20H21FN2O4. The zero-order chi connectivity index (χ0) is 18.6. The van der Waals surface area contributed by atoms with E-state index >= 15 is 0 Å². The lowest BCUT2D eigenvalue weighted by atomic mass is 9.68. The highest BCUT2D eigenvalue weighted by atomic mass is 19.1. The topological polar surface area (TPSA) is 71.8 Å². The molecule has 2 saturated heterocycles. The molecule has 2 amide bonds. The standard InChI is InChI=1S/C20H21FN2O4/c21-14-1-2-15-16(10-26-17(15)7-14)12-3-5-23(6-4-12)18(24)13-8-20(9-13)11-27-19(25)22-20/h1-2,7,10,12-13H,3-6,8-9,11H2,(H,22,25)/t13-,20+. The highest BCUT2D eigenvalue weighted by Crippen LogP contribution is 2.42. The number of hydrogen-bond acceptors (Lipinski definition) is 4. The number of carbonyl (C=O) groups is 2. The summed E-state index contributed by atoms with van der Waals surface area (Å²) < 4.78 is 23.8. The van der Waals surface area contributed by atoms with Gasteiger partial charge in [-0.3, -0.25) is 4.79 Å². The molecule has 0 atom stereocenters. The molecule has 0 bridgehead atoms. The van der Waals surface area contributed by atoms with Gasteiger partial charge in [-0.05, 0) is 43.7 Å². The first-order valence-corrected chi connectivity index (χ1v) is 9.43. The molecule has 27 heavy (non-hydrogen) atoms. The van der Waals surface area contributed by atoms with Crippen molar-refractivity contribution in [3.63, 3.8) is 0 Å². The molecule has 7 heteroatoms. The second-order valence-corrected chi connectivity index (χ2v) is 8.02. The van der Waals surface area contributed by atoms with Crippen molar-refractivity contribution >= 4 is 23.0 Å². The van der Waals surface area contributed by atoms with Crippen LogP contribution >= 0.6 is 0 Å². The lowest BCUT2D eigenvalue weighted by Crippen LogP contribution is -2.58. The molecule has 1 aromatic heterocycles. The molecule has 2 aromatic rings. The van der Waals surface area contributed by atoms with Gasteiger partial charge in [0.05, 0.1) is 11.8 Å². The molecule has 1 N–H and O–H groups in total. The quantitative estimate of drug-likeness (QED) is 0.879. The Hall–Kier alpha value is -2.57. The Morgan fingerprint density at radius 3 is 2.74 bits per heavy atom. The van der Waals surface area contributed by atoms with Gasteiger partial charge in [0.25, 0.3) is 0 Å². The number of likely N-dealkylation sites (tertiary alicyclic amines) is 1. The molecule has 142 valence electrons. The van der Waals surface area contributed by atoms with Gasteiger partial charge in [0.1, 0.15) is 18.0 Å². The van der Waals surface area contributed by atoms with Crippen LogP contribution in [0, 0.1) is 11.7 Å². The number of piperidine rings is 1. The maximum absolute atomic E-state index is 13.3. The molecule has 1 aliphatic carbocycles. The van der Waals surface area contributed by atoms with Gasteiger partial charge >= 0.3 is 6.09 Å². The Bertz CT molecular complexity index is 910. The molecule has 5 rings (SSSR count). The Morgan fingerprint density at radius 2 is 2.04 bits per heavy atom. The van der Waals surface area contributed by atoms with Crippen molar-refractivity contribution in [2.75, 3.05) is 19.7 Å². The van der Waals surface area contributed by atoms with Gasteiger partial charge in [0, 0.05) is 36.0 Å². The van der Waals surface area contributed by atoms with Crippen LogP contribution in [-0.2, 0) is 9.53 Å². The number of nitrogens with zero attached hydrogens (tertiary/aromatic N) is 1. The normalized spacial score (nSPS) is 28.3. The smallest absolute Gasteiger partial charge is 0.407 e. The number of cyclic esters (lactones) is 1. The third kappa shape index (κ3) is 2.76. The fourth-order valence-electron chi connectivity index (χ4n) is 4.78. The highest BCUT2D eigenvalue weighted by molar-refractivity contribution is 5.83. The van der Waals surface area contributed by atoms with Crippen molar-refractivity contribution in [1.82, 2.24) is 10.2 Å². The van der Waals surface area contributed by atoms with Gasteiger partial charge in [0.15, 0.2) is 0 Å². The van der Waals surface area contributed by atoms with Crippen molar-refractivity contribution in [2.24, 2.45) is 5.92 Å². The average Bonchev–Trinajstić information content (AvgIpc) is 3.23. The molecule has 3 aliphatic rings.